The molecule has 202 valence electrons. The Bertz CT molecular complexity index is 1770. The summed E-state index contributed by atoms with van der Waals surface area (Å²) >= 11 is 0. The zero-order valence-electron chi connectivity index (χ0n) is 21.9. The molecule has 0 aliphatic heterocycles. The van der Waals surface area contributed by atoms with E-state index in [-0.39, 0.29) is 16.3 Å². The van der Waals surface area contributed by atoms with Gasteiger partial charge >= 0.3 is 0 Å². The Balaban J connectivity index is 1.49. The number of benzene rings is 5. The lowest BCUT2D eigenvalue weighted by molar-refractivity contribution is -0.119. The van der Waals surface area contributed by atoms with E-state index in [2.05, 4.69) is 16.6 Å². The van der Waals surface area contributed by atoms with Gasteiger partial charge in [0.25, 0.3) is 15.9 Å². The summed E-state index contributed by atoms with van der Waals surface area (Å²) in [7, 11) is -1.26. The van der Waals surface area contributed by atoms with Crippen molar-refractivity contribution in [3.05, 3.63) is 109 Å². The van der Waals surface area contributed by atoms with Crippen molar-refractivity contribution in [1.82, 2.24) is 5.43 Å². The molecule has 5 aromatic rings. The molecule has 40 heavy (non-hydrogen) atoms. The third-order valence-electron chi connectivity index (χ3n) is 6.47. The smallest absolute Gasteiger partial charge is 0.264 e. The number of hydrogen-bond acceptors (Lipinski definition) is 6. The standard InChI is InChI=1S/C31H27N3O5S/c1-38-24-16-17-30(39-2)29(19-24)34(40(36,37)25-12-4-3-5-13-25)21-31(35)33-32-20-28-26-14-8-6-10-22(26)18-23-11-7-9-15-27(23)28/h3-20H,21H2,1-2H3,(H,33,35)/b32-20+. The molecule has 0 atom stereocenters. The van der Waals surface area contributed by atoms with Crippen LogP contribution in [0.2, 0.25) is 0 Å². The minimum absolute atomic E-state index is 0.0263. The first-order valence-electron chi connectivity index (χ1n) is 12.4. The van der Waals surface area contributed by atoms with E-state index in [4.69, 9.17) is 9.47 Å². The SMILES string of the molecule is COc1ccc(OC)c(N(CC(=O)N/N=C/c2c3ccccc3cc3ccccc23)S(=O)(=O)c2ccccc2)c1. The van der Waals surface area contributed by atoms with Crippen LogP contribution in [-0.2, 0) is 14.8 Å². The monoisotopic (exact) mass is 553 g/mol. The maximum atomic E-state index is 13.7. The van der Waals surface area contributed by atoms with Gasteiger partial charge in [-0.05, 0) is 51.9 Å². The molecule has 5 aromatic carbocycles. The summed E-state index contributed by atoms with van der Waals surface area (Å²) in [5.74, 6) is 0.0364. The Morgan fingerprint density at radius 3 is 2.08 bits per heavy atom. The number of carbonyl (C=O) groups excluding carboxylic acids is 1. The van der Waals surface area contributed by atoms with Gasteiger partial charge in [0.05, 0.1) is 31.0 Å². The Morgan fingerprint density at radius 2 is 1.45 bits per heavy atom. The first kappa shape index (κ1) is 26.7. The lowest BCUT2D eigenvalue weighted by Crippen LogP contribution is -2.39. The van der Waals surface area contributed by atoms with Gasteiger partial charge in [0, 0.05) is 11.6 Å². The largest absolute Gasteiger partial charge is 0.497 e. The van der Waals surface area contributed by atoms with E-state index in [0.29, 0.717) is 5.75 Å². The number of sulfonamides is 1. The fourth-order valence-electron chi connectivity index (χ4n) is 4.53. The lowest BCUT2D eigenvalue weighted by Gasteiger charge is -2.25. The highest BCUT2D eigenvalue weighted by atomic mass is 32.2. The van der Waals surface area contributed by atoms with Crippen molar-refractivity contribution < 1.29 is 22.7 Å². The number of fused-ring (bicyclic) bond motifs is 2. The molecule has 0 aromatic heterocycles. The maximum Gasteiger partial charge on any atom is 0.264 e. The number of methoxy groups -OCH3 is 2. The van der Waals surface area contributed by atoms with Crippen LogP contribution in [-0.4, -0.2) is 41.3 Å². The van der Waals surface area contributed by atoms with Crippen LogP contribution in [0.4, 0.5) is 5.69 Å². The molecule has 9 heteroatoms. The van der Waals surface area contributed by atoms with Crippen LogP contribution in [0.25, 0.3) is 21.5 Å². The van der Waals surface area contributed by atoms with Crippen molar-refractivity contribution in [1.29, 1.82) is 0 Å². The second-order valence-corrected chi connectivity index (χ2v) is 10.8. The Hall–Kier alpha value is -4.89. The fourth-order valence-corrected chi connectivity index (χ4v) is 5.98. The summed E-state index contributed by atoms with van der Waals surface area (Å²) in [6.07, 6.45) is 1.59. The number of rotatable bonds is 9. The van der Waals surface area contributed by atoms with Crippen LogP contribution in [0.1, 0.15) is 5.56 Å². The zero-order valence-corrected chi connectivity index (χ0v) is 22.8. The van der Waals surface area contributed by atoms with E-state index < -0.39 is 22.5 Å². The van der Waals surface area contributed by atoms with Gasteiger partial charge in [-0.2, -0.15) is 5.10 Å². The molecule has 0 aliphatic carbocycles. The number of hydrogen-bond donors (Lipinski definition) is 1. The highest BCUT2D eigenvalue weighted by Gasteiger charge is 2.30. The number of anilines is 1. The second kappa shape index (κ2) is 11.5. The Kier molecular flexibility index (Phi) is 7.65. The average Bonchev–Trinajstić information content (AvgIpc) is 2.99. The first-order chi connectivity index (χ1) is 19.4. The molecular weight excluding hydrogens is 526 g/mol. The van der Waals surface area contributed by atoms with Crippen molar-refractivity contribution >= 4 is 49.4 Å². The summed E-state index contributed by atoms with van der Waals surface area (Å²) in [6.45, 7) is -0.547. The Morgan fingerprint density at radius 1 is 0.825 bits per heavy atom. The lowest BCUT2D eigenvalue weighted by atomic mass is 9.97. The predicted molar refractivity (Wildman–Crippen MR) is 158 cm³/mol. The molecule has 5 rings (SSSR count). The molecule has 0 fully saturated rings. The quantitative estimate of drug-likeness (QED) is 0.151. The van der Waals surface area contributed by atoms with E-state index in [9.17, 15) is 13.2 Å². The van der Waals surface area contributed by atoms with Gasteiger partial charge in [-0.25, -0.2) is 13.8 Å². The van der Waals surface area contributed by atoms with Gasteiger partial charge in [0.2, 0.25) is 0 Å². The van der Waals surface area contributed by atoms with Gasteiger partial charge in [-0.15, -0.1) is 0 Å². The minimum atomic E-state index is -4.16. The minimum Gasteiger partial charge on any atom is -0.497 e. The zero-order chi connectivity index (χ0) is 28.1. The van der Waals surface area contributed by atoms with Crippen LogP contribution in [0.3, 0.4) is 0 Å². The summed E-state index contributed by atoms with van der Waals surface area (Å²) in [5.41, 5.74) is 3.50. The highest BCUT2D eigenvalue weighted by Crippen LogP contribution is 2.35. The molecule has 0 spiro atoms. The molecule has 0 unspecified atom stereocenters. The number of hydrazone groups is 1. The predicted octanol–water partition coefficient (Wildman–Crippen LogP) is 5.36. The van der Waals surface area contributed by atoms with Crippen LogP contribution in [0.15, 0.2) is 113 Å². The molecule has 0 radical (unpaired) electrons. The van der Waals surface area contributed by atoms with E-state index in [1.807, 2.05) is 48.5 Å². The molecule has 0 bridgehead atoms. The molecule has 0 saturated carbocycles. The Labute approximate surface area is 232 Å². The van der Waals surface area contributed by atoms with Crippen molar-refractivity contribution in [3.8, 4) is 11.5 Å². The third kappa shape index (κ3) is 5.32. The van der Waals surface area contributed by atoms with Gasteiger partial charge < -0.3 is 9.47 Å². The van der Waals surface area contributed by atoms with Gasteiger partial charge in [-0.3, -0.25) is 9.10 Å². The van der Waals surface area contributed by atoms with E-state index in [1.54, 1.807) is 36.5 Å². The van der Waals surface area contributed by atoms with Gasteiger partial charge in [-0.1, -0.05) is 66.7 Å². The van der Waals surface area contributed by atoms with Crippen molar-refractivity contribution in [2.24, 2.45) is 5.10 Å². The summed E-state index contributed by atoms with van der Waals surface area (Å²) in [5, 5.41) is 8.26. The van der Waals surface area contributed by atoms with E-state index >= 15 is 0 Å². The molecule has 1 amide bonds. The van der Waals surface area contributed by atoms with E-state index in [1.165, 1.54) is 32.4 Å². The summed E-state index contributed by atoms with van der Waals surface area (Å²) in [6, 6.07) is 30.6. The number of nitrogens with one attached hydrogen (secondary N) is 1. The summed E-state index contributed by atoms with van der Waals surface area (Å²) in [4.78, 5) is 13.2. The van der Waals surface area contributed by atoms with E-state index in [0.717, 1.165) is 31.4 Å². The maximum absolute atomic E-state index is 13.7. The number of nitrogens with zero attached hydrogens (tertiary/aromatic N) is 2. The van der Waals surface area contributed by atoms with Crippen LogP contribution in [0, 0.1) is 0 Å². The second-order valence-electron chi connectivity index (χ2n) is 8.89. The number of carbonyl (C=O) groups is 1. The van der Waals surface area contributed by atoms with Crippen LogP contribution in [0.5, 0.6) is 11.5 Å². The van der Waals surface area contributed by atoms with Crippen molar-refractivity contribution in [2.75, 3.05) is 25.1 Å². The first-order valence-corrected chi connectivity index (χ1v) is 13.9. The number of amides is 1. The van der Waals surface area contributed by atoms with Crippen molar-refractivity contribution in [2.45, 2.75) is 4.90 Å². The molecule has 0 heterocycles. The van der Waals surface area contributed by atoms with Crippen LogP contribution < -0.4 is 19.2 Å². The third-order valence-corrected chi connectivity index (χ3v) is 8.24. The number of ether oxygens (including phenoxy) is 2. The van der Waals surface area contributed by atoms with Crippen molar-refractivity contribution in [3.63, 3.8) is 0 Å². The molecule has 0 saturated heterocycles. The normalized spacial score (nSPS) is 11.6. The molecule has 1 N–H and O–H groups in total. The topological polar surface area (TPSA) is 97.3 Å². The molecule has 0 aliphatic rings. The molecular formula is C31H27N3O5S. The summed E-state index contributed by atoms with van der Waals surface area (Å²) < 4.78 is 39.2. The highest BCUT2D eigenvalue weighted by molar-refractivity contribution is 7.92. The molecule has 8 nitrogen and oxygen atoms in total. The van der Waals surface area contributed by atoms with Crippen LogP contribution >= 0.6 is 0 Å². The van der Waals surface area contributed by atoms with Gasteiger partial charge in [0.1, 0.15) is 18.0 Å². The van der Waals surface area contributed by atoms with Gasteiger partial charge in [0.15, 0.2) is 0 Å². The average molecular weight is 554 g/mol. The fraction of sp³-hybridized carbons (Fsp3) is 0.0968.